The molecule has 0 saturated heterocycles. The van der Waals surface area contributed by atoms with Crippen LogP contribution in [0.1, 0.15) is 10.5 Å². The van der Waals surface area contributed by atoms with Gasteiger partial charge in [-0.25, -0.2) is 0 Å². The van der Waals surface area contributed by atoms with Gasteiger partial charge in [-0.3, -0.25) is 9.78 Å². The van der Waals surface area contributed by atoms with Crippen LogP contribution in [0.2, 0.25) is 5.02 Å². The maximum absolute atomic E-state index is 10.8. The highest BCUT2D eigenvalue weighted by molar-refractivity contribution is 6.33. The maximum Gasteiger partial charge on any atom is 0.267 e. The van der Waals surface area contributed by atoms with Crippen LogP contribution in [0.15, 0.2) is 42.6 Å². The third-order valence-corrected chi connectivity index (χ3v) is 2.53. The number of hydrogen-bond donors (Lipinski definition) is 1. The molecule has 1 heterocycles. The molecule has 0 bridgehead atoms. The monoisotopic (exact) mass is 232 g/mol. The molecule has 2 rings (SSSR count). The fraction of sp³-hybridized carbons (Fsp3) is 0. The summed E-state index contributed by atoms with van der Waals surface area (Å²) in [5.74, 6) is -0.536. The molecule has 0 radical (unpaired) electrons. The van der Waals surface area contributed by atoms with Crippen molar-refractivity contribution in [2.45, 2.75) is 0 Å². The van der Waals surface area contributed by atoms with Gasteiger partial charge in [0.05, 0.1) is 0 Å². The molecule has 2 aromatic rings. The molecule has 0 atom stereocenters. The smallest absolute Gasteiger partial charge is 0.267 e. The largest absolute Gasteiger partial charge is 0.364 e. The summed E-state index contributed by atoms with van der Waals surface area (Å²) in [7, 11) is 0. The normalized spacial score (nSPS) is 10.1. The summed E-state index contributed by atoms with van der Waals surface area (Å²) in [5.41, 5.74) is 7.09. The second-order valence-corrected chi connectivity index (χ2v) is 3.68. The highest BCUT2D eigenvalue weighted by atomic mass is 35.5. The molecular formula is C12H9ClN2O. The molecule has 16 heavy (non-hydrogen) atoms. The van der Waals surface area contributed by atoms with E-state index in [1.807, 2.05) is 18.2 Å². The molecule has 80 valence electrons. The number of pyridine rings is 1. The van der Waals surface area contributed by atoms with Gasteiger partial charge in [-0.1, -0.05) is 35.9 Å². The Morgan fingerprint density at radius 1 is 1.19 bits per heavy atom. The van der Waals surface area contributed by atoms with Crippen LogP contribution < -0.4 is 5.73 Å². The van der Waals surface area contributed by atoms with Crippen LogP contribution in [-0.4, -0.2) is 10.9 Å². The zero-order valence-corrected chi connectivity index (χ0v) is 9.11. The van der Waals surface area contributed by atoms with Crippen molar-refractivity contribution >= 4 is 17.5 Å². The number of nitrogens with two attached hydrogens (primary N) is 1. The predicted octanol–water partition coefficient (Wildman–Crippen LogP) is 2.50. The Balaban J connectivity index is 2.43. The van der Waals surface area contributed by atoms with Crippen LogP contribution in [0, 0.1) is 0 Å². The van der Waals surface area contributed by atoms with Crippen LogP contribution >= 0.6 is 11.6 Å². The van der Waals surface area contributed by atoms with Gasteiger partial charge in [0.2, 0.25) is 0 Å². The molecule has 1 amide bonds. The number of aromatic nitrogens is 1. The second kappa shape index (κ2) is 4.33. The van der Waals surface area contributed by atoms with E-state index in [0.29, 0.717) is 5.02 Å². The third-order valence-electron chi connectivity index (χ3n) is 2.20. The van der Waals surface area contributed by atoms with Crippen molar-refractivity contribution < 1.29 is 4.79 Å². The quantitative estimate of drug-likeness (QED) is 0.865. The minimum atomic E-state index is -0.536. The molecule has 0 saturated carbocycles. The first-order chi connectivity index (χ1) is 7.68. The summed E-state index contributed by atoms with van der Waals surface area (Å²) >= 11 is 6.04. The number of halogens is 1. The van der Waals surface area contributed by atoms with Gasteiger partial charge in [0, 0.05) is 22.3 Å². The van der Waals surface area contributed by atoms with Crippen molar-refractivity contribution in [1.82, 2.24) is 4.98 Å². The van der Waals surface area contributed by atoms with E-state index in [1.165, 1.54) is 0 Å². The minimum Gasteiger partial charge on any atom is -0.364 e. The number of primary amides is 1. The van der Waals surface area contributed by atoms with Crippen LogP contribution in [0.25, 0.3) is 11.1 Å². The number of hydrogen-bond acceptors (Lipinski definition) is 2. The molecular weight excluding hydrogens is 224 g/mol. The van der Waals surface area contributed by atoms with Crippen LogP contribution in [0.3, 0.4) is 0 Å². The first-order valence-electron chi connectivity index (χ1n) is 4.69. The molecule has 0 unspecified atom stereocenters. The summed E-state index contributed by atoms with van der Waals surface area (Å²) in [6.45, 7) is 0. The fourth-order valence-corrected chi connectivity index (χ4v) is 1.64. The SMILES string of the molecule is NC(=O)c1ccc(-c2ccccc2Cl)cn1. The topological polar surface area (TPSA) is 56.0 Å². The van der Waals surface area contributed by atoms with Gasteiger partial charge in [-0.05, 0) is 12.1 Å². The van der Waals surface area contributed by atoms with Crippen LogP contribution in [0.4, 0.5) is 0 Å². The number of amides is 1. The zero-order valence-electron chi connectivity index (χ0n) is 8.35. The van der Waals surface area contributed by atoms with Crippen molar-refractivity contribution in [1.29, 1.82) is 0 Å². The molecule has 1 aromatic heterocycles. The minimum absolute atomic E-state index is 0.246. The molecule has 1 aromatic carbocycles. The molecule has 0 aliphatic rings. The Morgan fingerprint density at radius 3 is 2.50 bits per heavy atom. The van der Waals surface area contributed by atoms with Crippen molar-refractivity contribution in [2.24, 2.45) is 5.73 Å². The Kier molecular flexibility index (Phi) is 2.88. The maximum atomic E-state index is 10.8. The van der Waals surface area contributed by atoms with Crippen molar-refractivity contribution in [3.63, 3.8) is 0 Å². The van der Waals surface area contributed by atoms with Gasteiger partial charge < -0.3 is 5.73 Å². The second-order valence-electron chi connectivity index (χ2n) is 3.28. The number of nitrogens with zero attached hydrogens (tertiary/aromatic N) is 1. The van der Waals surface area contributed by atoms with Crippen molar-refractivity contribution in [3.8, 4) is 11.1 Å². The van der Waals surface area contributed by atoms with E-state index in [1.54, 1.807) is 24.4 Å². The Bertz CT molecular complexity index is 523. The number of carbonyl (C=O) groups excluding carboxylic acids is 1. The highest BCUT2D eigenvalue weighted by Crippen LogP contribution is 2.26. The highest BCUT2D eigenvalue weighted by Gasteiger charge is 2.05. The fourth-order valence-electron chi connectivity index (χ4n) is 1.39. The number of rotatable bonds is 2. The standard InChI is InChI=1S/C12H9ClN2O/c13-10-4-2-1-3-9(10)8-5-6-11(12(14)16)15-7-8/h1-7H,(H2,14,16). The van der Waals surface area contributed by atoms with Gasteiger partial charge >= 0.3 is 0 Å². The molecule has 4 heteroatoms. The summed E-state index contributed by atoms with van der Waals surface area (Å²) in [6.07, 6.45) is 1.58. The Morgan fingerprint density at radius 2 is 1.94 bits per heavy atom. The Hall–Kier alpha value is -1.87. The Labute approximate surface area is 97.9 Å². The molecule has 0 aliphatic carbocycles. The summed E-state index contributed by atoms with van der Waals surface area (Å²) < 4.78 is 0. The molecule has 0 aliphatic heterocycles. The van der Waals surface area contributed by atoms with E-state index in [-0.39, 0.29) is 5.69 Å². The lowest BCUT2D eigenvalue weighted by atomic mass is 10.1. The van der Waals surface area contributed by atoms with E-state index in [2.05, 4.69) is 4.98 Å². The van der Waals surface area contributed by atoms with E-state index in [0.717, 1.165) is 11.1 Å². The average molecular weight is 233 g/mol. The third kappa shape index (κ3) is 2.04. The number of carbonyl (C=O) groups is 1. The van der Waals surface area contributed by atoms with Crippen molar-refractivity contribution in [2.75, 3.05) is 0 Å². The lowest BCUT2D eigenvalue weighted by molar-refractivity contribution is 0.0995. The van der Waals surface area contributed by atoms with Gasteiger partial charge in [0.1, 0.15) is 5.69 Å². The predicted molar refractivity (Wildman–Crippen MR) is 63.2 cm³/mol. The van der Waals surface area contributed by atoms with Crippen LogP contribution in [-0.2, 0) is 0 Å². The van der Waals surface area contributed by atoms with Gasteiger partial charge in [0.15, 0.2) is 0 Å². The lowest BCUT2D eigenvalue weighted by Crippen LogP contribution is -2.12. The van der Waals surface area contributed by atoms with Gasteiger partial charge in [0.25, 0.3) is 5.91 Å². The summed E-state index contributed by atoms with van der Waals surface area (Å²) in [6, 6.07) is 10.8. The molecule has 3 nitrogen and oxygen atoms in total. The van der Waals surface area contributed by atoms with E-state index in [9.17, 15) is 4.79 Å². The lowest BCUT2D eigenvalue weighted by Gasteiger charge is -2.03. The summed E-state index contributed by atoms with van der Waals surface area (Å²) in [4.78, 5) is 14.8. The molecule has 0 fully saturated rings. The average Bonchev–Trinajstić information content (AvgIpc) is 2.30. The number of benzene rings is 1. The molecule has 2 N–H and O–H groups in total. The zero-order chi connectivity index (χ0) is 11.5. The van der Waals surface area contributed by atoms with E-state index in [4.69, 9.17) is 17.3 Å². The van der Waals surface area contributed by atoms with E-state index >= 15 is 0 Å². The first-order valence-corrected chi connectivity index (χ1v) is 5.07. The van der Waals surface area contributed by atoms with Gasteiger partial charge in [-0.2, -0.15) is 0 Å². The molecule has 0 spiro atoms. The van der Waals surface area contributed by atoms with E-state index < -0.39 is 5.91 Å². The summed E-state index contributed by atoms with van der Waals surface area (Å²) in [5, 5.41) is 0.649. The first kappa shape index (κ1) is 10.6. The van der Waals surface area contributed by atoms with Crippen LogP contribution in [0.5, 0.6) is 0 Å². The van der Waals surface area contributed by atoms with Gasteiger partial charge in [-0.15, -0.1) is 0 Å². The van der Waals surface area contributed by atoms with Crippen molar-refractivity contribution in [3.05, 3.63) is 53.3 Å².